The standard InChI is InChI=1S/C18H22N2O4/c1-12-11-19(9-7-15(12)18(23)24)17(22)13-4-2-5-14(10-13)20-8-3-6-16(20)21/h2,4-5,10,12,15H,3,6-9,11H2,1H3,(H,23,24). The molecule has 1 aromatic rings. The summed E-state index contributed by atoms with van der Waals surface area (Å²) in [7, 11) is 0. The molecule has 0 aromatic heterocycles. The van der Waals surface area contributed by atoms with Gasteiger partial charge in [0.05, 0.1) is 5.92 Å². The first-order valence-corrected chi connectivity index (χ1v) is 8.40. The van der Waals surface area contributed by atoms with Crippen LogP contribution in [0.25, 0.3) is 0 Å². The molecule has 0 aliphatic carbocycles. The van der Waals surface area contributed by atoms with Crippen molar-refractivity contribution in [3.8, 4) is 0 Å². The van der Waals surface area contributed by atoms with Gasteiger partial charge in [-0.25, -0.2) is 0 Å². The molecule has 0 spiro atoms. The lowest BCUT2D eigenvalue weighted by Gasteiger charge is -2.35. The third-order valence-electron chi connectivity index (χ3n) is 4.99. The number of piperidine rings is 1. The van der Waals surface area contributed by atoms with Crippen molar-refractivity contribution in [1.82, 2.24) is 4.90 Å². The third-order valence-corrected chi connectivity index (χ3v) is 4.99. The average molecular weight is 330 g/mol. The molecule has 2 amide bonds. The number of carboxylic acids is 1. The quantitative estimate of drug-likeness (QED) is 0.919. The van der Waals surface area contributed by atoms with Crippen molar-refractivity contribution >= 4 is 23.5 Å². The van der Waals surface area contributed by atoms with Crippen LogP contribution in [0.15, 0.2) is 24.3 Å². The molecular formula is C18H22N2O4. The molecule has 0 saturated carbocycles. The molecule has 0 radical (unpaired) electrons. The average Bonchev–Trinajstić information content (AvgIpc) is 3.00. The lowest BCUT2D eigenvalue weighted by molar-refractivity contribution is -0.145. The number of likely N-dealkylation sites (tertiary alicyclic amines) is 1. The van der Waals surface area contributed by atoms with Crippen LogP contribution in [-0.2, 0) is 9.59 Å². The minimum absolute atomic E-state index is 0.0662. The number of hydrogen-bond donors (Lipinski definition) is 1. The van der Waals surface area contributed by atoms with E-state index >= 15 is 0 Å². The summed E-state index contributed by atoms with van der Waals surface area (Å²) in [6.45, 7) is 3.46. The number of rotatable bonds is 3. The molecule has 1 aromatic carbocycles. The Morgan fingerprint density at radius 3 is 2.67 bits per heavy atom. The minimum atomic E-state index is -0.788. The fraction of sp³-hybridized carbons (Fsp3) is 0.500. The SMILES string of the molecule is CC1CN(C(=O)c2cccc(N3CCCC3=O)c2)CCC1C(=O)O. The number of carbonyl (C=O) groups excluding carboxylic acids is 2. The second-order valence-electron chi connectivity index (χ2n) is 6.66. The second kappa shape index (κ2) is 6.63. The van der Waals surface area contributed by atoms with Crippen LogP contribution in [0.4, 0.5) is 5.69 Å². The Kier molecular flexibility index (Phi) is 4.55. The first kappa shape index (κ1) is 16.5. The molecule has 24 heavy (non-hydrogen) atoms. The van der Waals surface area contributed by atoms with E-state index in [1.54, 1.807) is 28.0 Å². The Hall–Kier alpha value is -2.37. The number of amides is 2. The van der Waals surface area contributed by atoms with Crippen LogP contribution in [0, 0.1) is 11.8 Å². The Balaban J connectivity index is 1.74. The van der Waals surface area contributed by atoms with Crippen LogP contribution in [0.1, 0.15) is 36.5 Å². The first-order valence-electron chi connectivity index (χ1n) is 8.40. The molecule has 2 heterocycles. The van der Waals surface area contributed by atoms with E-state index in [9.17, 15) is 19.5 Å². The molecule has 6 nitrogen and oxygen atoms in total. The Labute approximate surface area is 141 Å². The minimum Gasteiger partial charge on any atom is -0.481 e. The van der Waals surface area contributed by atoms with Crippen LogP contribution in [0.5, 0.6) is 0 Å². The smallest absolute Gasteiger partial charge is 0.306 e. The fourth-order valence-electron chi connectivity index (χ4n) is 3.61. The summed E-state index contributed by atoms with van der Waals surface area (Å²) >= 11 is 0. The third kappa shape index (κ3) is 3.13. The van der Waals surface area contributed by atoms with E-state index in [1.807, 2.05) is 13.0 Å². The zero-order valence-corrected chi connectivity index (χ0v) is 13.8. The van der Waals surface area contributed by atoms with Crippen molar-refractivity contribution in [2.45, 2.75) is 26.2 Å². The van der Waals surface area contributed by atoms with E-state index in [0.29, 0.717) is 38.0 Å². The van der Waals surface area contributed by atoms with Crippen molar-refractivity contribution in [3.05, 3.63) is 29.8 Å². The highest BCUT2D eigenvalue weighted by atomic mass is 16.4. The maximum atomic E-state index is 12.7. The molecule has 128 valence electrons. The molecule has 6 heteroatoms. The summed E-state index contributed by atoms with van der Waals surface area (Å²) in [6.07, 6.45) is 1.88. The first-order chi connectivity index (χ1) is 11.5. The monoisotopic (exact) mass is 330 g/mol. The van der Waals surface area contributed by atoms with Gasteiger partial charge in [0.1, 0.15) is 0 Å². The molecule has 2 aliphatic rings. The van der Waals surface area contributed by atoms with Crippen molar-refractivity contribution in [3.63, 3.8) is 0 Å². The van der Waals surface area contributed by atoms with Gasteiger partial charge in [-0.1, -0.05) is 13.0 Å². The Morgan fingerprint density at radius 2 is 2.04 bits per heavy atom. The molecular weight excluding hydrogens is 308 g/mol. The highest BCUT2D eigenvalue weighted by molar-refractivity contribution is 5.99. The molecule has 2 saturated heterocycles. The van der Waals surface area contributed by atoms with Crippen molar-refractivity contribution in [2.24, 2.45) is 11.8 Å². The van der Waals surface area contributed by atoms with Crippen molar-refractivity contribution < 1.29 is 19.5 Å². The summed E-state index contributed by atoms with van der Waals surface area (Å²) in [4.78, 5) is 39.2. The van der Waals surface area contributed by atoms with Gasteiger partial charge in [-0.05, 0) is 37.0 Å². The summed E-state index contributed by atoms with van der Waals surface area (Å²) in [5, 5.41) is 9.19. The van der Waals surface area contributed by atoms with Gasteiger partial charge in [-0.3, -0.25) is 14.4 Å². The van der Waals surface area contributed by atoms with E-state index in [0.717, 1.165) is 12.1 Å². The highest BCUT2D eigenvalue weighted by Crippen LogP contribution is 2.26. The number of carboxylic acid groups (broad SMARTS) is 1. The van der Waals surface area contributed by atoms with Gasteiger partial charge in [0, 0.05) is 37.3 Å². The predicted molar refractivity (Wildman–Crippen MR) is 88.8 cm³/mol. The van der Waals surface area contributed by atoms with Gasteiger partial charge < -0.3 is 14.9 Å². The topological polar surface area (TPSA) is 77.9 Å². The summed E-state index contributed by atoms with van der Waals surface area (Å²) in [5.74, 6) is -1.25. The molecule has 0 bridgehead atoms. The van der Waals surface area contributed by atoms with Crippen LogP contribution in [0.3, 0.4) is 0 Å². The molecule has 2 atom stereocenters. The lowest BCUT2D eigenvalue weighted by Crippen LogP contribution is -2.45. The van der Waals surface area contributed by atoms with E-state index in [2.05, 4.69) is 0 Å². The summed E-state index contributed by atoms with van der Waals surface area (Å²) in [6, 6.07) is 7.15. The number of benzene rings is 1. The van der Waals surface area contributed by atoms with Gasteiger partial charge in [0.25, 0.3) is 5.91 Å². The van der Waals surface area contributed by atoms with E-state index < -0.39 is 5.97 Å². The van der Waals surface area contributed by atoms with Crippen LogP contribution >= 0.6 is 0 Å². The lowest BCUT2D eigenvalue weighted by atomic mass is 9.87. The van der Waals surface area contributed by atoms with E-state index in [4.69, 9.17) is 0 Å². The largest absolute Gasteiger partial charge is 0.481 e. The van der Waals surface area contributed by atoms with E-state index in [1.165, 1.54) is 0 Å². The molecule has 3 rings (SSSR count). The fourth-order valence-corrected chi connectivity index (χ4v) is 3.61. The summed E-state index contributed by atoms with van der Waals surface area (Å²) < 4.78 is 0. The molecule has 2 aliphatic heterocycles. The van der Waals surface area contributed by atoms with Gasteiger partial charge in [-0.2, -0.15) is 0 Å². The van der Waals surface area contributed by atoms with Crippen LogP contribution in [-0.4, -0.2) is 47.4 Å². The second-order valence-corrected chi connectivity index (χ2v) is 6.66. The zero-order valence-electron chi connectivity index (χ0n) is 13.8. The summed E-state index contributed by atoms with van der Waals surface area (Å²) in [5.41, 5.74) is 1.31. The molecule has 1 N–H and O–H groups in total. The van der Waals surface area contributed by atoms with E-state index in [-0.39, 0.29) is 23.7 Å². The number of hydrogen-bond acceptors (Lipinski definition) is 3. The number of anilines is 1. The number of aliphatic carboxylic acids is 1. The Morgan fingerprint density at radius 1 is 1.25 bits per heavy atom. The molecule has 2 unspecified atom stereocenters. The van der Waals surface area contributed by atoms with Gasteiger partial charge in [0.2, 0.25) is 5.91 Å². The van der Waals surface area contributed by atoms with Crippen molar-refractivity contribution in [2.75, 3.05) is 24.5 Å². The maximum absolute atomic E-state index is 12.7. The van der Waals surface area contributed by atoms with Gasteiger partial charge in [0.15, 0.2) is 0 Å². The predicted octanol–water partition coefficient (Wildman–Crippen LogP) is 2.00. The van der Waals surface area contributed by atoms with Gasteiger partial charge >= 0.3 is 5.97 Å². The van der Waals surface area contributed by atoms with Gasteiger partial charge in [-0.15, -0.1) is 0 Å². The van der Waals surface area contributed by atoms with Crippen LogP contribution < -0.4 is 4.90 Å². The maximum Gasteiger partial charge on any atom is 0.306 e. The zero-order chi connectivity index (χ0) is 17.3. The van der Waals surface area contributed by atoms with Crippen molar-refractivity contribution in [1.29, 1.82) is 0 Å². The highest BCUT2D eigenvalue weighted by Gasteiger charge is 2.33. The number of nitrogens with zero attached hydrogens (tertiary/aromatic N) is 2. The number of carbonyl (C=O) groups is 3. The van der Waals surface area contributed by atoms with Crippen LogP contribution in [0.2, 0.25) is 0 Å². The normalized spacial score (nSPS) is 24.3. The Bertz CT molecular complexity index is 673. The molecule has 2 fully saturated rings.